The summed E-state index contributed by atoms with van der Waals surface area (Å²) in [4.78, 5) is 15.7. The van der Waals surface area contributed by atoms with Gasteiger partial charge < -0.3 is 11.1 Å². The molecule has 0 unspecified atom stereocenters. The Bertz CT molecular complexity index is 497. The molecule has 0 bridgehead atoms. The molecule has 0 saturated heterocycles. The van der Waals surface area contributed by atoms with Gasteiger partial charge in [-0.15, -0.1) is 0 Å². The Morgan fingerprint density at radius 3 is 2.50 bits per heavy atom. The van der Waals surface area contributed by atoms with Gasteiger partial charge in [0.1, 0.15) is 0 Å². The average Bonchev–Trinajstić information content (AvgIpc) is 2.31. The van der Waals surface area contributed by atoms with Gasteiger partial charge in [0.2, 0.25) is 0 Å². The lowest BCUT2D eigenvalue weighted by molar-refractivity contribution is 0.102. The topological polar surface area (TPSA) is 68.0 Å². The highest BCUT2D eigenvalue weighted by atomic mass is 16.1. The Morgan fingerprint density at radius 1 is 1.12 bits per heavy atom. The molecule has 3 N–H and O–H groups in total. The SMILES string of the molecule is Nc1ccccc1C(=O)Nc1ccncc1. The number of rotatable bonds is 2. The summed E-state index contributed by atoms with van der Waals surface area (Å²) in [5.74, 6) is -0.218. The van der Waals surface area contributed by atoms with E-state index in [1.807, 2.05) is 0 Å². The van der Waals surface area contributed by atoms with Gasteiger partial charge in [-0.25, -0.2) is 0 Å². The number of nitrogens with zero attached hydrogens (tertiary/aromatic N) is 1. The molecule has 2 rings (SSSR count). The first-order valence-corrected chi connectivity index (χ1v) is 4.83. The van der Waals surface area contributed by atoms with Crippen LogP contribution in [0, 0.1) is 0 Å². The van der Waals surface area contributed by atoms with Crippen molar-refractivity contribution in [1.82, 2.24) is 4.98 Å². The summed E-state index contributed by atoms with van der Waals surface area (Å²) in [7, 11) is 0. The van der Waals surface area contributed by atoms with Gasteiger partial charge in [-0.2, -0.15) is 0 Å². The standard InChI is InChI=1S/C12H11N3O/c13-11-4-2-1-3-10(11)12(16)15-9-5-7-14-8-6-9/h1-8H,13H2,(H,14,15,16). The highest BCUT2D eigenvalue weighted by Gasteiger charge is 2.08. The summed E-state index contributed by atoms with van der Waals surface area (Å²) in [6, 6.07) is 10.4. The van der Waals surface area contributed by atoms with Crippen LogP contribution in [-0.4, -0.2) is 10.9 Å². The minimum Gasteiger partial charge on any atom is -0.398 e. The third-order valence-electron chi connectivity index (χ3n) is 2.14. The van der Waals surface area contributed by atoms with Crippen LogP contribution in [0.4, 0.5) is 11.4 Å². The van der Waals surface area contributed by atoms with Crippen molar-refractivity contribution >= 4 is 17.3 Å². The maximum Gasteiger partial charge on any atom is 0.257 e. The maximum absolute atomic E-state index is 11.8. The smallest absolute Gasteiger partial charge is 0.257 e. The number of nitrogens with one attached hydrogen (secondary N) is 1. The van der Waals surface area contributed by atoms with Gasteiger partial charge in [-0.3, -0.25) is 9.78 Å². The number of para-hydroxylation sites is 1. The van der Waals surface area contributed by atoms with Crippen LogP contribution in [0.1, 0.15) is 10.4 Å². The Balaban J connectivity index is 2.19. The molecule has 4 nitrogen and oxygen atoms in total. The highest BCUT2D eigenvalue weighted by molar-refractivity contribution is 6.07. The molecule has 0 spiro atoms. The quantitative estimate of drug-likeness (QED) is 0.749. The highest BCUT2D eigenvalue weighted by Crippen LogP contribution is 2.13. The largest absolute Gasteiger partial charge is 0.398 e. The number of carbonyl (C=O) groups is 1. The molecule has 0 aliphatic carbocycles. The van der Waals surface area contributed by atoms with Crippen molar-refractivity contribution < 1.29 is 4.79 Å². The predicted molar refractivity (Wildman–Crippen MR) is 63.0 cm³/mol. The van der Waals surface area contributed by atoms with Crippen molar-refractivity contribution in [3.8, 4) is 0 Å². The summed E-state index contributed by atoms with van der Waals surface area (Å²) >= 11 is 0. The Hall–Kier alpha value is -2.36. The molecular formula is C12H11N3O. The summed E-state index contributed by atoms with van der Waals surface area (Å²) in [6.07, 6.45) is 3.23. The molecule has 2 aromatic rings. The number of hydrogen-bond donors (Lipinski definition) is 2. The van der Waals surface area contributed by atoms with Crippen LogP contribution in [0.5, 0.6) is 0 Å². The van der Waals surface area contributed by atoms with E-state index in [2.05, 4.69) is 10.3 Å². The van der Waals surface area contributed by atoms with Gasteiger partial charge in [-0.05, 0) is 24.3 Å². The van der Waals surface area contributed by atoms with E-state index in [4.69, 9.17) is 5.73 Å². The molecule has 0 saturated carbocycles. The number of hydrogen-bond acceptors (Lipinski definition) is 3. The number of nitrogens with two attached hydrogens (primary N) is 1. The average molecular weight is 213 g/mol. The molecule has 4 heteroatoms. The Morgan fingerprint density at radius 2 is 1.81 bits per heavy atom. The lowest BCUT2D eigenvalue weighted by Crippen LogP contribution is -2.13. The van der Waals surface area contributed by atoms with E-state index >= 15 is 0 Å². The number of pyridine rings is 1. The minimum atomic E-state index is -0.218. The first-order valence-electron chi connectivity index (χ1n) is 4.83. The lowest BCUT2D eigenvalue weighted by Gasteiger charge is -2.06. The number of anilines is 2. The lowest BCUT2D eigenvalue weighted by atomic mass is 10.1. The summed E-state index contributed by atoms with van der Waals surface area (Å²) in [5.41, 5.74) is 7.34. The summed E-state index contributed by atoms with van der Waals surface area (Å²) in [6.45, 7) is 0. The van der Waals surface area contributed by atoms with E-state index in [1.165, 1.54) is 0 Å². The summed E-state index contributed by atoms with van der Waals surface area (Å²) in [5, 5.41) is 2.74. The molecule has 0 atom stereocenters. The molecule has 0 fully saturated rings. The van der Waals surface area contributed by atoms with Crippen LogP contribution in [0.25, 0.3) is 0 Å². The molecular weight excluding hydrogens is 202 g/mol. The van der Waals surface area contributed by atoms with E-state index in [0.717, 1.165) is 0 Å². The second kappa shape index (κ2) is 4.44. The van der Waals surface area contributed by atoms with E-state index in [-0.39, 0.29) is 5.91 Å². The van der Waals surface area contributed by atoms with Gasteiger partial charge in [0, 0.05) is 23.8 Å². The molecule has 1 aromatic heterocycles. The van der Waals surface area contributed by atoms with Crippen molar-refractivity contribution in [2.24, 2.45) is 0 Å². The molecule has 1 aromatic carbocycles. The first kappa shape index (κ1) is 10.2. The molecule has 1 heterocycles. The number of benzene rings is 1. The van der Waals surface area contributed by atoms with E-state index in [0.29, 0.717) is 16.9 Å². The van der Waals surface area contributed by atoms with Crippen molar-refractivity contribution in [3.63, 3.8) is 0 Å². The number of amides is 1. The van der Waals surface area contributed by atoms with Crippen LogP contribution in [0.15, 0.2) is 48.8 Å². The van der Waals surface area contributed by atoms with Gasteiger partial charge in [0.15, 0.2) is 0 Å². The van der Waals surface area contributed by atoms with Crippen LogP contribution in [0.2, 0.25) is 0 Å². The van der Waals surface area contributed by atoms with Crippen LogP contribution in [-0.2, 0) is 0 Å². The van der Waals surface area contributed by atoms with Crippen LogP contribution < -0.4 is 11.1 Å². The zero-order valence-corrected chi connectivity index (χ0v) is 8.55. The van der Waals surface area contributed by atoms with Crippen molar-refractivity contribution in [1.29, 1.82) is 0 Å². The van der Waals surface area contributed by atoms with Gasteiger partial charge in [0.05, 0.1) is 5.56 Å². The molecule has 0 aliphatic heterocycles. The second-order valence-electron chi connectivity index (χ2n) is 3.28. The van der Waals surface area contributed by atoms with E-state index < -0.39 is 0 Å². The maximum atomic E-state index is 11.8. The van der Waals surface area contributed by atoms with Gasteiger partial charge in [-0.1, -0.05) is 12.1 Å². The molecule has 16 heavy (non-hydrogen) atoms. The number of aromatic nitrogens is 1. The fourth-order valence-corrected chi connectivity index (χ4v) is 1.34. The molecule has 0 aliphatic rings. The molecule has 80 valence electrons. The zero-order valence-electron chi connectivity index (χ0n) is 8.55. The number of carbonyl (C=O) groups excluding carboxylic acids is 1. The second-order valence-corrected chi connectivity index (χ2v) is 3.28. The van der Waals surface area contributed by atoms with Crippen LogP contribution in [0.3, 0.4) is 0 Å². The summed E-state index contributed by atoms with van der Waals surface area (Å²) < 4.78 is 0. The zero-order chi connectivity index (χ0) is 11.4. The van der Waals surface area contributed by atoms with E-state index in [9.17, 15) is 4.79 Å². The fourth-order valence-electron chi connectivity index (χ4n) is 1.34. The normalized spacial score (nSPS) is 9.75. The van der Waals surface area contributed by atoms with Gasteiger partial charge >= 0.3 is 0 Å². The van der Waals surface area contributed by atoms with Crippen molar-refractivity contribution in [3.05, 3.63) is 54.4 Å². The third kappa shape index (κ3) is 2.17. The molecule has 0 radical (unpaired) electrons. The monoisotopic (exact) mass is 213 g/mol. The number of nitrogen functional groups attached to an aromatic ring is 1. The molecule has 1 amide bonds. The predicted octanol–water partition coefficient (Wildman–Crippen LogP) is 1.92. The van der Waals surface area contributed by atoms with Crippen LogP contribution >= 0.6 is 0 Å². The third-order valence-corrected chi connectivity index (χ3v) is 2.14. The van der Waals surface area contributed by atoms with Gasteiger partial charge in [0.25, 0.3) is 5.91 Å². The van der Waals surface area contributed by atoms with Crippen molar-refractivity contribution in [2.75, 3.05) is 11.1 Å². The fraction of sp³-hybridized carbons (Fsp3) is 0. The first-order chi connectivity index (χ1) is 7.77. The van der Waals surface area contributed by atoms with E-state index in [1.54, 1.807) is 48.8 Å². The van der Waals surface area contributed by atoms with Crippen molar-refractivity contribution in [2.45, 2.75) is 0 Å². The minimum absolute atomic E-state index is 0.218. The Kier molecular flexibility index (Phi) is 2.82. The Labute approximate surface area is 93.1 Å².